The van der Waals surface area contributed by atoms with Crippen LogP contribution in [0.3, 0.4) is 0 Å². The molecule has 1 aromatic heterocycles. The summed E-state index contributed by atoms with van der Waals surface area (Å²) in [4.78, 5) is 3.75. The Labute approximate surface area is 124 Å². The summed E-state index contributed by atoms with van der Waals surface area (Å²) in [5, 5.41) is 4.04. The highest BCUT2D eigenvalue weighted by Gasteiger charge is 2.11. The molecule has 1 unspecified atom stereocenters. The van der Waals surface area contributed by atoms with Gasteiger partial charge in [0.1, 0.15) is 5.82 Å². The van der Waals surface area contributed by atoms with Gasteiger partial charge in [0.05, 0.1) is 6.20 Å². The number of rotatable bonds is 5. The van der Waals surface area contributed by atoms with Crippen molar-refractivity contribution in [1.29, 1.82) is 0 Å². The first kappa shape index (κ1) is 14.9. The van der Waals surface area contributed by atoms with Crippen molar-refractivity contribution in [2.24, 2.45) is 0 Å². The van der Waals surface area contributed by atoms with Crippen molar-refractivity contribution in [3.05, 3.63) is 53.1 Å². The summed E-state index contributed by atoms with van der Waals surface area (Å²) in [6, 6.07) is 7.48. The number of hydrogen-bond acceptors (Lipinski definition) is 2. The Morgan fingerprint density at radius 2 is 2.15 bits per heavy atom. The molecule has 0 spiro atoms. The van der Waals surface area contributed by atoms with Gasteiger partial charge in [0.25, 0.3) is 0 Å². The van der Waals surface area contributed by atoms with Crippen molar-refractivity contribution in [2.45, 2.75) is 26.3 Å². The van der Waals surface area contributed by atoms with E-state index in [2.05, 4.69) is 24.1 Å². The standard InChI is InChI=1S/C16H18ClFN2/c1-3-7-20-11(2)13-5-4-12(9-15(13)17)14-6-8-19-10-16(14)18/h4-6,8-11,20H,3,7H2,1-2H3. The second kappa shape index (κ2) is 6.82. The lowest BCUT2D eigenvalue weighted by molar-refractivity contribution is 0.571. The molecule has 1 atom stereocenters. The van der Waals surface area contributed by atoms with E-state index in [-0.39, 0.29) is 11.9 Å². The minimum absolute atomic E-state index is 0.179. The van der Waals surface area contributed by atoms with Gasteiger partial charge in [-0.1, -0.05) is 30.7 Å². The lowest BCUT2D eigenvalue weighted by Gasteiger charge is -2.16. The van der Waals surface area contributed by atoms with Gasteiger partial charge in [0.15, 0.2) is 0 Å². The van der Waals surface area contributed by atoms with Gasteiger partial charge in [-0.3, -0.25) is 4.98 Å². The number of hydrogen-bond donors (Lipinski definition) is 1. The summed E-state index contributed by atoms with van der Waals surface area (Å²) < 4.78 is 13.7. The molecule has 4 heteroatoms. The number of benzene rings is 1. The third-order valence-electron chi connectivity index (χ3n) is 3.25. The van der Waals surface area contributed by atoms with Crippen molar-refractivity contribution in [1.82, 2.24) is 10.3 Å². The monoisotopic (exact) mass is 292 g/mol. The molecule has 2 aromatic rings. The van der Waals surface area contributed by atoms with Crippen LogP contribution in [0.5, 0.6) is 0 Å². The van der Waals surface area contributed by atoms with E-state index in [4.69, 9.17) is 11.6 Å². The topological polar surface area (TPSA) is 24.9 Å². The van der Waals surface area contributed by atoms with Gasteiger partial charge in [-0.25, -0.2) is 4.39 Å². The molecule has 1 aromatic carbocycles. The molecular formula is C16H18ClFN2. The summed E-state index contributed by atoms with van der Waals surface area (Å²) in [7, 11) is 0. The molecule has 0 saturated heterocycles. The van der Waals surface area contributed by atoms with Crippen LogP contribution in [-0.4, -0.2) is 11.5 Å². The second-order valence-corrected chi connectivity index (χ2v) is 5.17. The van der Waals surface area contributed by atoms with Crippen molar-refractivity contribution in [3.8, 4) is 11.1 Å². The van der Waals surface area contributed by atoms with E-state index in [9.17, 15) is 4.39 Å². The smallest absolute Gasteiger partial charge is 0.149 e. The van der Waals surface area contributed by atoms with Crippen LogP contribution in [0.4, 0.5) is 4.39 Å². The van der Waals surface area contributed by atoms with Crippen LogP contribution >= 0.6 is 11.6 Å². The van der Waals surface area contributed by atoms with Gasteiger partial charge in [-0.2, -0.15) is 0 Å². The molecule has 20 heavy (non-hydrogen) atoms. The van der Waals surface area contributed by atoms with E-state index in [1.807, 2.05) is 12.1 Å². The fourth-order valence-corrected chi connectivity index (χ4v) is 2.47. The first-order chi connectivity index (χ1) is 9.63. The van der Waals surface area contributed by atoms with Gasteiger partial charge < -0.3 is 5.32 Å². The Morgan fingerprint density at radius 1 is 1.35 bits per heavy atom. The van der Waals surface area contributed by atoms with E-state index in [0.29, 0.717) is 10.6 Å². The van der Waals surface area contributed by atoms with Crippen molar-refractivity contribution >= 4 is 11.6 Å². The Morgan fingerprint density at radius 3 is 2.80 bits per heavy atom. The van der Waals surface area contributed by atoms with Crippen molar-refractivity contribution in [2.75, 3.05) is 6.54 Å². The highest BCUT2D eigenvalue weighted by molar-refractivity contribution is 6.31. The molecule has 106 valence electrons. The van der Waals surface area contributed by atoms with Gasteiger partial charge >= 0.3 is 0 Å². The van der Waals surface area contributed by atoms with E-state index in [0.717, 1.165) is 24.1 Å². The minimum atomic E-state index is -0.339. The quantitative estimate of drug-likeness (QED) is 0.871. The summed E-state index contributed by atoms with van der Waals surface area (Å²) >= 11 is 6.33. The van der Waals surface area contributed by atoms with Crippen molar-refractivity contribution in [3.63, 3.8) is 0 Å². The van der Waals surface area contributed by atoms with Gasteiger partial charge in [-0.05, 0) is 43.1 Å². The molecule has 0 amide bonds. The first-order valence-corrected chi connectivity index (χ1v) is 7.14. The summed E-state index contributed by atoms with van der Waals surface area (Å²) in [5.41, 5.74) is 2.31. The highest BCUT2D eigenvalue weighted by Crippen LogP contribution is 2.30. The summed E-state index contributed by atoms with van der Waals surface area (Å²) in [6.45, 7) is 5.14. The molecule has 0 fully saturated rings. The molecule has 2 nitrogen and oxygen atoms in total. The normalized spacial score (nSPS) is 12.4. The number of nitrogens with zero attached hydrogens (tertiary/aromatic N) is 1. The highest BCUT2D eigenvalue weighted by atomic mass is 35.5. The second-order valence-electron chi connectivity index (χ2n) is 4.77. The molecule has 0 saturated carbocycles. The van der Waals surface area contributed by atoms with Gasteiger partial charge in [0, 0.05) is 22.8 Å². The Kier molecular flexibility index (Phi) is 5.10. The fraction of sp³-hybridized carbons (Fsp3) is 0.312. The van der Waals surface area contributed by atoms with Crippen molar-refractivity contribution < 1.29 is 4.39 Å². The van der Waals surface area contributed by atoms with E-state index in [1.165, 1.54) is 6.20 Å². The Hall–Kier alpha value is -1.45. The van der Waals surface area contributed by atoms with Crippen LogP contribution in [0.15, 0.2) is 36.7 Å². The molecule has 2 rings (SSSR count). The third kappa shape index (κ3) is 3.35. The summed E-state index contributed by atoms with van der Waals surface area (Å²) in [6.07, 6.45) is 3.86. The molecule has 1 N–H and O–H groups in total. The molecule has 0 aliphatic heterocycles. The minimum Gasteiger partial charge on any atom is -0.310 e. The maximum absolute atomic E-state index is 13.7. The number of halogens is 2. The largest absolute Gasteiger partial charge is 0.310 e. The van der Waals surface area contributed by atoms with Gasteiger partial charge in [0.2, 0.25) is 0 Å². The predicted molar refractivity (Wildman–Crippen MR) is 81.3 cm³/mol. The third-order valence-corrected chi connectivity index (χ3v) is 3.58. The van der Waals surface area contributed by atoms with E-state index >= 15 is 0 Å². The SMILES string of the molecule is CCCNC(C)c1ccc(-c2ccncc2F)cc1Cl. The zero-order valence-electron chi connectivity index (χ0n) is 11.7. The van der Waals surface area contributed by atoms with Crippen LogP contribution < -0.4 is 5.32 Å². The molecule has 0 bridgehead atoms. The van der Waals surface area contributed by atoms with Crippen LogP contribution in [0, 0.1) is 5.82 Å². The molecule has 0 radical (unpaired) electrons. The van der Waals surface area contributed by atoms with Gasteiger partial charge in [-0.15, -0.1) is 0 Å². The summed E-state index contributed by atoms with van der Waals surface area (Å²) in [5.74, 6) is -0.339. The molecule has 0 aliphatic rings. The molecule has 0 aliphatic carbocycles. The fourth-order valence-electron chi connectivity index (χ4n) is 2.13. The molecular weight excluding hydrogens is 275 g/mol. The van der Waals surface area contributed by atoms with Crippen LogP contribution in [0.1, 0.15) is 31.9 Å². The van der Waals surface area contributed by atoms with E-state index < -0.39 is 0 Å². The van der Waals surface area contributed by atoms with Crippen LogP contribution in [0.25, 0.3) is 11.1 Å². The predicted octanol–water partition coefficient (Wildman–Crippen LogP) is 4.60. The zero-order valence-corrected chi connectivity index (χ0v) is 12.4. The maximum Gasteiger partial charge on any atom is 0.149 e. The van der Waals surface area contributed by atoms with Crippen LogP contribution in [-0.2, 0) is 0 Å². The number of pyridine rings is 1. The van der Waals surface area contributed by atoms with E-state index in [1.54, 1.807) is 18.3 Å². The number of aromatic nitrogens is 1. The number of nitrogens with one attached hydrogen (secondary N) is 1. The average molecular weight is 293 g/mol. The Bertz CT molecular complexity index is 586. The molecule has 1 heterocycles. The van der Waals surface area contributed by atoms with Crippen LogP contribution in [0.2, 0.25) is 5.02 Å². The zero-order chi connectivity index (χ0) is 14.5. The maximum atomic E-state index is 13.7. The first-order valence-electron chi connectivity index (χ1n) is 6.76. The Balaban J connectivity index is 2.28. The lowest BCUT2D eigenvalue weighted by Crippen LogP contribution is -2.19. The lowest BCUT2D eigenvalue weighted by atomic mass is 10.0. The average Bonchev–Trinajstić information content (AvgIpc) is 2.45.